The molecule has 4 aromatic rings. The Labute approximate surface area is 175 Å². The minimum atomic E-state index is -0.273. The van der Waals surface area contributed by atoms with Crippen LogP contribution in [0.2, 0.25) is 0 Å². The Balaban J connectivity index is 1.51. The van der Waals surface area contributed by atoms with Crippen molar-refractivity contribution in [2.45, 2.75) is 25.8 Å². The molecule has 2 aromatic carbocycles. The number of aliphatic hydroxyl groups excluding tert-OH is 1. The number of nitrogens with zero attached hydrogens (tertiary/aromatic N) is 4. The molecule has 0 fully saturated rings. The van der Waals surface area contributed by atoms with E-state index in [2.05, 4.69) is 33.5 Å². The van der Waals surface area contributed by atoms with Crippen molar-refractivity contribution >= 4 is 23.4 Å². The normalized spacial score (nSPS) is 13.0. The van der Waals surface area contributed by atoms with E-state index < -0.39 is 0 Å². The SMILES string of the molecule is CC(C)(CO)c1ccc(Nc2nc(-c3ccc4c(c3)CN=C4)cn3ccnc23)cc1. The van der Waals surface area contributed by atoms with E-state index in [0.29, 0.717) is 5.82 Å². The number of aliphatic imine (C=N–C) groups is 1. The minimum Gasteiger partial charge on any atom is -0.395 e. The van der Waals surface area contributed by atoms with E-state index in [1.807, 2.05) is 61.1 Å². The van der Waals surface area contributed by atoms with Gasteiger partial charge in [-0.1, -0.05) is 38.1 Å². The number of nitrogens with one attached hydrogen (secondary N) is 1. The quantitative estimate of drug-likeness (QED) is 0.525. The van der Waals surface area contributed by atoms with E-state index in [1.165, 1.54) is 11.1 Å². The molecular weight excluding hydrogens is 374 g/mol. The molecule has 0 aliphatic carbocycles. The zero-order valence-electron chi connectivity index (χ0n) is 17.0. The summed E-state index contributed by atoms with van der Waals surface area (Å²) in [7, 11) is 0. The van der Waals surface area contributed by atoms with Crippen LogP contribution in [-0.4, -0.2) is 32.3 Å². The second-order valence-corrected chi connectivity index (χ2v) is 8.26. The molecule has 0 unspecified atom stereocenters. The van der Waals surface area contributed by atoms with Gasteiger partial charge in [-0.05, 0) is 34.9 Å². The molecule has 0 spiro atoms. The largest absolute Gasteiger partial charge is 0.395 e. The van der Waals surface area contributed by atoms with Crippen LogP contribution < -0.4 is 5.32 Å². The standard InChI is InChI=1S/C24H23N5O/c1-24(2,15-30)19-5-7-20(8-6-19)27-22-23-26-9-10-29(23)14-21(28-22)16-3-4-17-12-25-13-18(17)11-16/h3-12,14,30H,13,15H2,1-2H3,(H,27,28). The number of aliphatic hydroxyl groups is 1. The third-order valence-corrected chi connectivity index (χ3v) is 5.63. The molecule has 0 amide bonds. The lowest BCUT2D eigenvalue weighted by Crippen LogP contribution is -2.21. The summed E-state index contributed by atoms with van der Waals surface area (Å²) in [6.07, 6.45) is 7.61. The zero-order chi connectivity index (χ0) is 20.7. The highest BCUT2D eigenvalue weighted by Gasteiger charge is 2.19. The summed E-state index contributed by atoms with van der Waals surface area (Å²) in [6.45, 7) is 4.87. The maximum atomic E-state index is 9.60. The number of benzene rings is 2. The number of aromatic nitrogens is 3. The van der Waals surface area contributed by atoms with Crippen LogP contribution in [0.5, 0.6) is 0 Å². The number of fused-ring (bicyclic) bond motifs is 2. The second kappa shape index (κ2) is 7.07. The van der Waals surface area contributed by atoms with Gasteiger partial charge >= 0.3 is 0 Å². The summed E-state index contributed by atoms with van der Waals surface area (Å²) < 4.78 is 1.98. The maximum Gasteiger partial charge on any atom is 0.180 e. The number of imidazole rings is 1. The highest BCUT2D eigenvalue weighted by atomic mass is 16.3. The van der Waals surface area contributed by atoms with Crippen LogP contribution in [-0.2, 0) is 12.0 Å². The topological polar surface area (TPSA) is 74.8 Å². The Bertz CT molecular complexity index is 1250. The van der Waals surface area contributed by atoms with Gasteiger partial charge < -0.3 is 14.8 Å². The molecule has 5 rings (SSSR count). The summed E-state index contributed by atoms with van der Waals surface area (Å²) in [4.78, 5) is 13.7. The highest BCUT2D eigenvalue weighted by Crippen LogP contribution is 2.28. The van der Waals surface area contributed by atoms with Crippen molar-refractivity contribution in [2.24, 2.45) is 4.99 Å². The first-order valence-corrected chi connectivity index (χ1v) is 9.99. The summed E-state index contributed by atoms with van der Waals surface area (Å²) in [5.41, 5.74) is 6.82. The third kappa shape index (κ3) is 3.25. The molecule has 2 aromatic heterocycles. The molecule has 2 N–H and O–H groups in total. The first-order valence-electron chi connectivity index (χ1n) is 9.99. The molecule has 3 heterocycles. The molecule has 0 saturated carbocycles. The number of hydrogen-bond acceptors (Lipinski definition) is 5. The Hall–Kier alpha value is -3.51. The van der Waals surface area contributed by atoms with Crippen molar-refractivity contribution in [1.29, 1.82) is 0 Å². The molecule has 0 atom stereocenters. The molecule has 0 saturated heterocycles. The van der Waals surface area contributed by atoms with Crippen molar-refractivity contribution in [3.05, 3.63) is 77.7 Å². The Morgan fingerprint density at radius 1 is 1.13 bits per heavy atom. The molecule has 1 aliphatic heterocycles. The van der Waals surface area contributed by atoms with Gasteiger partial charge in [0.15, 0.2) is 11.5 Å². The van der Waals surface area contributed by atoms with E-state index in [4.69, 9.17) is 4.98 Å². The molecule has 1 aliphatic rings. The summed E-state index contributed by atoms with van der Waals surface area (Å²) in [5, 5.41) is 13.0. The average Bonchev–Trinajstić information content (AvgIpc) is 3.43. The highest BCUT2D eigenvalue weighted by molar-refractivity contribution is 5.86. The summed E-state index contributed by atoms with van der Waals surface area (Å²) in [5.74, 6) is 0.698. The van der Waals surface area contributed by atoms with Crippen molar-refractivity contribution in [1.82, 2.24) is 14.4 Å². The molecule has 0 radical (unpaired) electrons. The third-order valence-electron chi connectivity index (χ3n) is 5.63. The van der Waals surface area contributed by atoms with Crippen LogP contribution in [0, 0.1) is 0 Å². The predicted molar refractivity (Wildman–Crippen MR) is 120 cm³/mol. The van der Waals surface area contributed by atoms with Gasteiger partial charge in [-0.15, -0.1) is 0 Å². The Morgan fingerprint density at radius 2 is 1.97 bits per heavy atom. The monoisotopic (exact) mass is 397 g/mol. The van der Waals surface area contributed by atoms with Crippen molar-refractivity contribution in [2.75, 3.05) is 11.9 Å². The molecule has 0 bridgehead atoms. The lowest BCUT2D eigenvalue weighted by atomic mass is 9.85. The van der Waals surface area contributed by atoms with Crippen LogP contribution >= 0.6 is 0 Å². The van der Waals surface area contributed by atoms with Crippen LogP contribution in [0.4, 0.5) is 11.5 Å². The van der Waals surface area contributed by atoms with Gasteiger partial charge in [0.05, 0.1) is 18.8 Å². The Morgan fingerprint density at radius 3 is 2.77 bits per heavy atom. The fourth-order valence-electron chi connectivity index (χ4n) is 3.66. The van der Waals surface area contributed by atoms with Gasteiger partial charge in [0.2, 0.25) is 0 Å². The van der Waals surface area contributed by atoms with Crippen molar-refractivity contribution in [3.8, 4) is 11.3 Å². The maximum absolute atomic E-state index is 9.60. The molecule has 6 nitrogen and oxygen atoms in total. The lowest BCUT2D eigenvalue weighted by molar-refractivity contribution is 0.218. The van der Waals surface area contributed by atoms with E-state index in [0.717, 1.165) is 34.7 Å². The lowest BCUT2D eigenvalue weighted by Gasteiger charge is -2.22. The van der Waals surface area contributed by atoms with E-state index in [9.17, 15) is 5.11 Å². The van der Waals surface area contributed by atoms with Crippen LogP contribution in [0.25, 0.3) is 16.9 Å². The number of anilines is 2. The second-order valence-electron chi connectivity index (χ2n) is 8.26. The first kappa shape index (κ1) is 18.5. The minimum absolute atomic E-state index is 0.101. The molecule has 6 heteroatoms. The average molecular weight is 397 g/mol. The van der Waals surface area contributed by atoms with Gasteiger partial charge in [0, 0.05) is 41.5 Å². The number of hydrogen-bond donors (Lipinski definition) is 2. The summed E-state index contributed by atoms with van der Waals surface area (Å²) >= 11 is 0. The van der Waals surface area contributed by atoms with E-state index >= 15 is 0 Å². The van der Waals surface area contributed by atoms with E-state index in [-0.39, 0.29) is 12.0 Å². The van der Waals surface area contributed by atoms with Gasteiger partial charge in [0.25, 0.3) is 0 Å². The van der Waals surface area contributed by atoms with Gasteiger partial charge in [-0.3, -0.25) is 4.99 Å². The van der Waals surface area contributed by atoms with Gasteiger partial charge in [-0.25, -0.2) is 9.97 Å². The molecule has 30 heavy (non-hydrogen) atoms. The van der Waals surface area contributed by atoms with Crippen LogP contribution in [0.3, 0.4) is 0 Å². The zero-order valence-corrected chi connectivity index (χ0v) is 17.0. The molecular formula is C24H23N5O. The van der Waals surface area contributed by atoms with Crippen molar-refractivity contribution < 1.29 is 5.11 Å². The van der Waals surface area contributed by atoms with Crippen molar-refractivity contribution in [3.63, 3.8) is 0 Å². The summed E-state index contributed by atoms with van der Waals surface area (Å²) in [6, 6.07) is 14.4. The first-order chi connectivity index (χ1) is 14.5. The fourth-order valence-corrected chi connectivity index (χ4v) is 3.66. The van der Waals surface area contributed by atoms with Crippen LogP contribution in [0.15, 0.2) is 66.0 Å². The fraction of sp³-hybridized carbons (Fsp3) is 0.208. The number of rotatable bonds is 5. The predicted octanol–water partition coefficient (Wildman–Crippen LogP) is 4.34. The van der Waals surface area contributed by atoms with Crippen LogP contribution in [0.1, 0.15) is 30.5 Å². The van der Waals surface area contributed by atoms with E-state index in [1.54, 1.807) is 6.20 Å². The van der Waals surface area contributed by atoms with Gasteiger partial charge in [-0.2, -0.15) is 0 Å². The Kier molecular flexibility index (Phi) is 4.37. The smallest absolute Gasteiger partial charge is 0.180 e. The van der Waals surface area contributed by atoms with Gasteiger partial charge in [0.1, 0.15) is 0 Å². The molecule has 150 valence electrons.